The van der Waals surface area contributed by atoms with E-state index in [1.54, 1.807) is 12.4 Å². The van der Waals surface area contributed by atoms with Crippen LogP contribution in [0.25, 0.3) is 11.4 Å². The van der Waals surface area contributed by atoms with E-state index in [-0.39, 0.29) is 17.9 Å². The highest BCUT2D eigenvalue weighted by Crippen LogP contribution is 2.32. The van der Waals surface area contributed by atoms with Gasteiger partial charge in [0.15, 0.2) is 11.6 Å². The molecule has 6 nitrogen and oxygen atoms in total. The molecule has 4 rings (SSSR count). The summed E-state index contributed by atoms with van der Waals surface area (Å²) in [5, 5.41) is 4.69. The van der Waals surface area contributed by atoms with Crippen molar-refractivity contribution in [1.82, 2.24) is 24.6 Å². The molecule has 0 saturated heterocycles. The SMILES string of the molecule is CC(C)[C@H]1c2nc(-c3ccccc3)nn2CCN1C(=O)Cc1cccnc1. The molecule has 0 N–H and O–H groups in total. The van der Waals surface area contributed by atoms with Gasteiger partial charge in [-0.25, -0.2) is 9.67 Å². The molecule has 6 heteroatoms. The Morgan fingerprint density at radius 1 is 1.15 bits per heavy atom. The van der Waals surface area contributed by atoms with E-state index in [2.05, 4.69) is 23.9 Å². The van der Waals surface area contributed by atoms with Gasteiger partial charge in [-0.05, 0) is 17.5 Å². The Kier molecular flexibility index (Phi) is 4.71. The summed E-state index contributed by atoms with van der Waals surface area (Å²) in [6, 6.07) is 13.7. The Hall–Kier alpha value is -3.02. The molecular weight excluding hydrogens is 338 g/mol. The smallest absolute Gasteiger partial charge is 0.227 e. The van der Waals surface area contributed by atoms with E-state index >= 15 is 0 Å². The van der Waals surface area contributed by atoms with Crippen LogP contribution < -0.4 is 0 Å². The first kappa shape index (κ1) is 17.4. The third-order valence-corrected chi connectivity index (χ3v) is 4.92. The standard InChI is InChI=1S/C21H23N5O/c1-15(2)19-21-23-20(17-8-4-3-5-9-17)24-26(21)12-11-25(19)18(27)13-16-7-6-10-22-14-16/h3-10,14-15,19H,11-13H2,1-2H3/t19-/m0/s1. The highest BCUT2D eigenvalue weighted by Gasteiger charge is 2.35. The first-order chi connectivity index (χ1) is 13.1. The molecule has 1 amide bonds. The van der Waals surface area contributed by atoms with Crippen LogP contribution in [0.4, 0.5) is 0 Å². The number of hydrogen-bond donors (Lipinski definition) is 0. The summed E-state index contributed by atoms with van der Waals surface area (Å²) in [6.07, 6.45) is 3.83. The van der Waals surface area contributed by atoms with Gasteiger partial charge in [0.1, 0.15) is 0 Å². The number of aromatic nitrogens is 4. The quantitative estimate of drug-likeness (QED) is 0.716. The third-order valence-electron chi connectivity index (χ3n) is 4.92. The molecule has 138 valence electrons. The Labute approximate surface area is 158 Å². The Morgan fingerprint density at radius 3 is 2.67 bits per heavy atom. The molecule has 3 heterocycles. The van der Waals surface area contributed by atoms with E-state index in [4.69, 9.17) is 4.98 Å². The average Bonchev–Trinajstić information content (AvgIpc) is 3.12. The lowest BCUT2D eigenvalue weighted by Gasteiger charge is -2.37. The van der Waals surface area contributed by atoms with Gasteiger partial charge in [0.2, 0.25) is 5.91 Å². The summed E-state index contributed by atoms with van der Waals surface area (Å²) < 4.78 is 1.96. The van der Waals surface area contributed by atoms with Crippen molar-refractivity contribution in [3.63, 3.8) is 0 Å². The maximum atomic E-state index is 13.0. The second-order valence-corrected chi connectivity index (χ2v) is 7.20. The topological polar surface area (TPSA) is 63.9 Å². The third kappa shape index (κ3) is 3.47. The number of fused-ring (bicyclic) bond motifs is 1. The van der Waals surface area contributed by atoms with Gasteiger partial charge >= 0.3 is 0 Å². The highest BCUT2D eigenvalue weighted by atomic mass is 16.2. The van der Waals surface area contributed by atoms with Gasteiger partial charge in [-0.3, -0.25) is 9.78 Å². The lowest BCUT2D eigenvalue weighted by molar-refractivity contribution is -0.135. The molecule has 1 atom stereocenters. The number of benzene rings is 1. The second-order valence-electron chi connectivity index (χ2n) is 7.20. The molecule has 0 bridgehead atoms. The van der Waals surface area contributed by atoms with Crippen molar-refractivity contribution in [2.45, 2.75) is 32.9 Å². The zero-order chi connectivity index (χ0) is 18.8. The zero-order valence-corrected chi connectivity index (χ0v) is 15.6. The van der Waals surface area contributed by atoms with Gasteiger partial charge in [-0.15, -0.1) is 0 Å². The van der Waals surface area contributed by atoms with E-state index in [1.807, 2.05) is 52.0 Å². The van der Waals surface area contributed by atoms with Gasteiger partial charge in [0, 0.05) is 24.5 Å². The Bertz CT molecular complexity index is 920. The summed E-state index contributed by atoms with van der Waals surface area (Å²) >= 11 is 0. The van der Waals surface area contributed by atoms with Crippen molar-refractivity contribution in [2.24, 2.45) is 5.92 Å². The van der Waals surface area contributed by atoms with Crippen molar-refractivity contribution >= 4 is 5.91 Å². The van der Waals surface area contributed by atoms with Gasteiger partial charge in [0.05, 0.1) is 19.0 Å². The number of rotatable bonds is 4. The van der Waals surface area contributed by atoms with Gasteiger partial charge in [-0.1, -0.05) is 50.2 Å². The van der Waals surface area contributed by atoms with Crippen LogP contribution in [-0.4, -0.2) is 37.1 Å². The summed E-state index contributed by atoms with van der Waals surface area (Å²) in [4.78, 5) is 23.9. The van der Waals surface area contributed by atoms with Crippen molar-refractivity contribution in [1.29, 1.82) is 0 Å². The molecule has 0 unspecified atom stereocenters. The van der Waals surface area contributed by atoms with E-state index in [9.17, 15) is 4.79 Å². The normalized spacial score (nSPS) is 16.4. The van der Waals surface area contributed by atoms with Crippen LogP contribution in [0.1, 0.15) is 31.3 Å². The lowest BCUT2D eigenvalue weighted by Crippen LogP contribution is -2.45. The fourth-order valence-electron chi connectivity index (χ4n) is 3.64. The summed E-state index contributed by atoms with van der Waals surface area (Å²) in [7, 11) is 0. The Morgan fingerprint density at radius 2 is 1.96 bits per heavy atom. The molecule has 0 aliphatic carbocycles. The highest BCUT2D eigenvalue weighted by molar-refractivity contribution is 5.79. The van der Waals surface area contributed by atoms with E-state index < -0.39 is 0 Å². The van der Waals surface area contributed by atoms with Crippen molar-refractivity contribution in [3.05, 3.63) is 66.2 Å². The number of hydrogen-bond acceptors (Lipinski definition) is 4. The summed E-state index contributed by atoms with van der Waals surface area (Å²) in [6.45, 7) is 5.56. The first-order valence-corrected chi connectivity index (χ1v) is 9.32. The molecule has 1 aromatic carbocycles. The predicted molar refractivity (Wildman–Crippen MR) is 103 cm³/mol. The minimum atomic E-state index is -0.0760. The molecule has 0 radical (unpaired) electrons. The molecular formula is C21H23N5O. The van der Waals surface area contributed by atoms with Crippen LogP contribution in [0.15, 0.2) is 54.9 Å². The summed E-state index contributed by atoms with van der Waals surface area (Å²) in [5.74, 6) is 1.94. The van der Waals surface area contributed by atoms with Gasteiger partial charge < -0.3 is 4.90 Å². The van der Waals surface area contributed by atoms with Gasteiger partial charge in [-0.2, -0.15) is 5.10 Å². The predicted octanol–water partition coefficient (Wildman–Crippen LogP) is 3.12. The number of carbonyl (C=O) groups is 1. The molecule has 27 heavy (non-hydrogen) atoms. The number of pyridine rings is 1. The Balaban J connectivity index is 1.63. The fourth-order valence-corrected chi connectivity index (χ4v) is 3.64. The van der Waals surface area contributed by atoms with Crippen LogP contribution in [0, 0.1) is 5.92 Å². The molecule has 3 aromatic rings. The van der Waals surface area contributed by atoms with Crippen LogP contribution in [0.2, 0.25) is 0 Å². The van der Waals surface area contributed by atoms with Crippen LogP contribution in [0.3, 0.4) is 0 Å². The van der Waals surface area contributed by atoms with Crippen molar-refractivity contribution in [3.8, 4) is 11.4 Å². The maximum Gasteiger partial charge on any atom is 0.227 e. The van der Waals surface area contributed by atoms with Crippen LogP contribution in [-0.2, 0) is 17.8 Å². The molecule has 0 saturated carbocycles. The van der Waals surface area contributed by atoms with Crippen molar-refractivity contribution < 1.29 is 4.79 Å². The minimum absolute atomic E-state index is 0.0760. The molecule has 1 aliphatic rings. The first-order valence-electron chi connectivity index (χ1n) is 9.32. The zero-order valence-electron chi connectivity index (χ0n) is 15.6. The van der Waals surface area contributed by atoms with E-state index in [1.165, 1.54) is 0 Å². The summed E-state index contributed by atoms with van der Waals surface area (Å²) in [5.41, 5.74) is 1.93. The lowest BCUT2D eigenvalue weighted by atomic mass is 9.99. The monoisotopic (exact) mass is 361 g/mol. The number of nitrogens with zero attached hydrogens (tertiary/aromatic N) is 5. The fraction of sp³-hybridized carbons (Fsp3) is 0.333. The number of amides is 1. The van der Waals surface area contributed by atoms with Gasteiger partial charge in [0.25, 0.3) is 0 Å². The average molecular weight is 361 g/mol. The second kappa shape index (κ2) is 7.31. The van der Waals surface area contributed by atoms with E-state index in [0.717, 1.165) is 22.8 Å². The molecule has 1 aliphatic heterocycles. The van der Waals surface area contributed by atoms with Crippen LogP contribution in [0.5, 0.6) is 0 Å². The minimum Gasteiger partial charge on any atom is -0.330 e. The molecule has 0 spiro atoms. The molecule has 2 aromatic heterocycles. The maximum absolute atomic E-state index is 13.0. The van der Waals surface area contributed by atoms with E-state index in [0.29, 0.717) is 19.5 Å². The number of carbonyl (C=O) groups excluding carboxylic acids is 1. The largest absolute Gasteiger partial charge is 0.330 e. The van der Waals surface area contributed by atoms with Crippen molar-refractivity contribution in [2.75, 3.05) is 6.54 Å². The van der Waals surface area contributed by atoms with Crippen LogP contribution >= 0.6 is 0 Å². The molecule has 0 fully saturated rings.